The molecule has 4 rings (SSSR count). The molecule has 3 aromatic carbocycles. The van der Waals surface area contributed by atoms with Gasteiger partial charge in [-0.2, -0.15) is 0 Å². The van der Waals surface area contributed by atoms with Crippen LogP contribution in [-0.2, 0) is 6.61 Å². The van der Waals surface area contributed by atoms with Gasteiger partial charge in [-0.15, -0.1) is 0 Å². The van der Waals surface area contributed by atoms with Crippen molar-refractivity contribution >= 4 is 17.4 Å². The van der Waals surface area contributed by atoms with Gasteiger partial charge in [0.2, 0.25) is 0 Å². The molecule has 0 bridgehead atoms. The molecule has 0 saturated heterocycles. The smallest absolute Gasteiger partial charge is 0.170 e. The highest BCUT2D eigenvalue weighted by molar-refractivity contribution is 6.31. The summed E-state index contributed by atoms with van der Waals surface area (Å²) in [6, 6.07) is 17.2. The first-order chi connectivity index (χ1) is 15.4. The minimum Gasteiger partial charge on any atom is -0.496 e. The summed E-state index contributed by atoms with van der Waals surface area (Å²) in [5.74, 6) is 2.53. The molecule has 0 saturated carbocycles. The number of halogens is 1. The second-order valence-corrected chi connectivity index (χ2v) is 8.79. The molecule has 0 radical (unpaired) electrons. The number of methoxy groups -OCH3 is 1. The van der Waals surface area contributed by atoms with Gasteiger partial charge in [0.1, 0.15) is 30.0 Å². The minimum atomic E-state index is -0.342. The maximum atomic E-state index is 12.6. The number of benzene rings is 3. The van der Waals surface area contributed by atoms with Crippen molar-refractivity contribution in [2.75, 3.05) is 7.11 Å². The van der Waals surface area contributed by atoms with Crippen LogP contribution in [0.5, 0.6) is 17.2 Å². The van der Waals surface area contributed by atoms with E-state index in [0.29, 0.717) is 24.3 Å². The van der Waals surface area contributed by atoms with Gasteiger partial charge >= 0.3 is 0 Å². The Morgan fingerprint density at radius 3 is 2.62 bits per heavy atom. The Labute approximate surface area is 194 Å². The van der Waals surface area contributed by atoms with Gasteiger partial charge in [-0.1, -0.05) is 43.6 Å². The summed E-state index contributed by atoms with van der Waals surface area (Å²) >= 11 is 6.33. The van der Waals surface area contributed by atoms with E-state index < -0.39 is 0 Å². The summed E-state index contributed by atoms with van der Waals surface area (Å²) in [4.78, 5) is 12.6. The quantitative estimate of drug-likeness (QED) is 0.403. The number of ketones is 1. The van der Waals surface area contributed by atoms with Crippen molar-refractivity contribution in [3.8, 4) is 17.2 Å². The number of fused-ring (bicyclic) bond motifs is 1. The van der Waals surface area contributed by atoms with Crippen LogP contribution >= 0.6 is 11.6 Å². The predicted octanol–water partition coefficient (Wildman–Crippen LogP) is 7.07. The largest absolute Gasteiger partial charge is 0.496 e. The molecule has 0 spiro atoms. The average Bonchev–Trinajstić information content (AvgIpc) is 2.79. The SMILES string of the molecule is COc1ccc(C2CC(=O)c3ccccc3O2)cc1COc1cc(C)c(Cl)cc1C(C)C. The zero-order valence-electron chi connectivity index (χ0n) is 18.8. The average molecular weight is 451 g/mol. The summed E-state index contributed by atoms with van der Waals surface area (Å²) in [7, 11) is 1.64. The van der Waals surface area contributed by atoms with Crippen LogP contribution in [0.4, 0.5) is 0 Å². The van der Waals surface area contributed by atoms with Crippen LogP contribution < -0.4 is 14.2 Å². The first kappa shape index (κ1) is 22.2. The Kier molecular flexibility index (Phi) is 6.43. The fourth-order valence-electron chi connectivity index (χ4n) is 3.97. The summed E-state index contributed by atoms with van der Waals surface area (Å²) in [5.41, 5.74) is 4.49. The molecule has 1 heterocycles. The number of carbonyl (C=O) groups excluding carboxylic acids is 1. The summed E-state index contributed by atoms with van der Waals surface area (Å²) in [5, 5.41) is 0.736. The van der Waals surface area contributed by atoms with Crippen molar-refractivity contribution in [3.05, 3.63) is 87.4 Å². The fraction of sp³-hybridized carbons (Fsp3) is 0.296. The Morgan fingerprint density at radius 2 is 1.88 bits per heavy atom. The van der Waals surface area contributed by atoms with Crippen molar-refractivity contribution in [3.63, 3.8) is 0 Å². The van der Waals surface area contributed by atoms with Gasteiger partial charge in [-0.25, -0.2) is 0 Å². The molecule has 3 aromatic rings. The molecule has 0 aromatic heterocycles. The topological polar surface area (TPSA) is 44.8 Å². The third-order valence-corrected chi connectivity index (χ3v) is 6.21. The van der Waals surface area contributed by atoms with Crippen LogP contribution in [0.15, 0.2) is 54.6 Å². The molecule has 32 heavy (non-hydrogen) atoms. The Bertz CT molecular complexity index is 1150. The van der Waals surface area contributed by atoms with Crippen LogP contribution in [0, 0.1) is 6.92 Å². The van der Waals surface area contributed by atoms with E-state index >= 15 is 0 Å². The van der Waals surface area contributed by atoms with Crippen molar-refractivity contribution in [2.45, 2.75) is 45.8 Å². The van der Waals surface area contributed by atoms with Gasteiger partial charge in [0.15, 0.2) is 5.78 Å². The molecule has 0 N–H and O–H groups in total. The maximum absolute atomic E-state index is 12.6. The van der Waals surface area contributed by atoms with Crippen LogP contribution in [0.1, 0.15) is 64.9 Å². The minimum absolute atomic E-state index is 0.0867. The van der Waals surface area contributed by atoms with Gasteiger partial charge in [0.05, 0.1) is 19.1 Å². The molecule has 0 amide bonds. The van der Waals surface area contributed by atoms with Crippen molar-refractivity contribution in [2.24, 2.45) is 0 Å². The summed E-state index contributed by atoms with van der Waals surface area (Å²) in [6.07, 6.45) is -0.0385. The van der Waals surface area contributed by atoms with E-state index in [1.165, 1.54) is 0 Å². The Balaban J connectivity index is 1.60. The first-order valence-electron chi connectivity index (χ1n) is 10.8. The lowest BCUT2D eigenvalue weighted by Gasteiger charge is -2.26. The lowest BCUT2D eigenvalue weighted by atomic mass is 9.95. The highest BCUT2D eigenvalue weighted by atomic mass is 35.5. The lowest BCUT2D eigenvalue weighted by Crippen LogP contribution is -2.20. The normalized spacial score (nSPS) is 15.3. The number of ether oxygens (including phenoxy) is 3. The lowest BCUT2D eigenvalue weighted by molar-refractivity contribution is 0.0850. The Hall–Kier alpha value is -2.98. The van der Waals surface area contributed by atoms with Crippen LogP contribution in [0.3, 0.4) is 0 Å². The standard InChI is InChI=1S/C27H27ClO4/c1-16(2)21-13-22(28)17(3)11-27(21)31-15-19-12-18(9-10-24(19)30-4)26-14-23(29)20-7-5-6-8-25(20)32-26/h5-13,16,26H,14-15H2,1-4H3. The van der Waals surface area contributed by atoms with Gasteiger partial charge < -0.3 is 14.2 Å². The van der Waals surface area contributed by atoms with E-state index in [4.69, 9.17) is 25.8 Å². The molecule has 1 aliphatic rings. The van der Waals surface area contributed by atoms with E-state index in [9.17, 15) is 4.79 Å². The van der Waals surface area contributed by atoms with Gasteiger partial charge in [0, 0.05) is 10.6 Å². The summed E-state index contributed by atoms with van der Waals surface area (Å²) in [6.45, 7) is 6.53. The van der Waals surface area contributed by atoms with Crippen LogP contribution in [0.25, 0.3) is 0 Å². The van der Waals surface area contributed by atoms with E-state index in [1.807, 2.05) is 61.5 Å². The molecular weight excluding hydrogens is 424 g/mol. The monoisotopic (exact) mass is 450 g/mol. The van der Waals surface area contributed by atoms with Crippen LogP contribution in [0.2, 0.25) is 5.02 Å². The number of carbonyl (C=O) groups is 1. The van der Waals surface area contributed by atoms with Gasteiger partial charge in [0.25, 0.3) is 0 Å². The van der Waals surface area contributed by atoms with Gasteiger partial charge in [-0.3, -0.25) is 4.79 Å². The molecule has 0 fully saturated rings. The molecule has 166 valence electrons. The maximum Gasteiger partial charge on any atom is 0.170 e. The zero-order chi connectivity index (χ0) is 22.8. The van der Waals surface area contributed by atoms with Gasteiger partial charge in [-0.05, 0) is 65.9 Å². The number of Topliss-reactive ketones (excluding diaryl/α,β-unsaturated/α-hetero) is 1. The van der Waals surface area contributed by atoms with Crippen molar-refractivity contribution < 1.29 is 19.0 Å². The Morgan fingerprint density at radius 1 is 1.09 bits per heavy atom. The number of aryl methyl sites for hydroxylation is 1. The first-order valence-corrected chi connectivity index (χ1v) is 11.1. The third-order valence-electron chi connectivity index (χ3n) is 5.80. The predicted molar refractivity (Wildman–Crippen MR) is 126 cm³/mol. The second kappa shape index (κ2) is 9.25. The number of rotatable bonds is 6. The number of hydrogen-bond donors (Lipinski definition) is 0. The fourth-order valence-corrected chi connectivity index (χ4v) is 4.14. The molecule has 4 nitrogen and oxygen atoms in total. The molecule has 1 unspecified atom stereocenters. The second-order valence-electron chi connectivity index (χ2n) is 8.38. The van der Waals surface area contributed by atoms with E-state index in [-0.39, 0.29) is 17.8 Å². The van der Waals surface area contributed by atoms with E-state index in [2.05, 4.69) is 13.8 Å². The zero-order valence-corrected chi connectivity index (χ0v) is 19.5. The van der Waals surface area contributed by atoms with E-state index in [1.54, 1.807) is 7.11 Å². The van der Waals surface area contributed by atoms with E-state index in [0.717, 1.165) is 38.8 Å². The third kappa shape index (κ3) is 4.46. The van der Waals surface area contributed by atoms with Crippen LogP contribution in [-0.4, -0.2) is 12.9 Å². The highest BCUT2D eigenvalue weighted by Crippen LogP contribution is 2.37. The number of para-hydroxylation sites is 1. The molecular formula is C27H27ClO4. The highest BCUT2D eigenvalue weighted by Gasteiger charge is 2.28. The van der Waals surface area contributed by atoms with Crippen molar-refractivity contribution in [1.29, 1.82) is 0 Å². The molecule has 0 aliphatic carbocycles. The number of hydrogen-bond acceptors (Lipinski definition) is 4. The molecule has 5 heteroatoms. The van der Waals surface area contributed by atoms with Crippen molar-refractivity contribution in [1.82, 2.24) is 0 Å². The summed E-state index contributed by atoms with van der Waals surface area (Å²) < 4.78 is 17.9. The molecule has 1 atom stereocenters. The molecule has 1 aliphatic heterocycles.